The van der Waals surface area contributed by atoms with E-state index in [0.717, 1.165) is 11.8 Å². The molecule has 0 radical (unpaired) electrons. The van der Waals surface area contributed by atoms with Gasteiger partial charge in [0.2, 0.25) is 11.8 Å². The zero-order valence-electron chi connectivity index (χ0n) is 16.7. The number of hydrogen-bond donors (Lipinski definition) is 2. The molecule has 164 valence electrons. The van der Waals surface area contributed by atoms with Crippen molar-refractivity contribution in [1.82, 2.24) is 4.90 Å². The number of methoxy groups -OCH3 is 1. The molecule has 0 spiro atoms. The molecule has 2 aromatic carbocycles. The second-order valence-electron chi connectivity index (χ2n) is 6.89. The summed E-state index contributed by atoms with van der Waals surface area (Å²) >= 11 is 1.12. The minimum absolute atomic E-state index is 0.0176. The highest BCUT2D eigenvalue weighted by molar-refractivity contribution is 8.01. The second kappa shape index (κ2) is 8.77. The van der Waals surface area contributed by atoms with E-state index < -0.39 is 21.2 Å². The van der Waals surface area contributed by atoms with Gasteiger partial charge in [-0.2, -0.15) is 0 Å². The van der Waals surface area contributed by atoms with Crippen LogP contribution in [0.1, 0.15) is 0 Å². The lowest BCUT2D eigenvalue weighted by atomic mass is 10.2. The Hall–Kier alpha value is -2.76. The van der Waals surface area contributed by atoms with E-state index in [1.165, 1.54) is 19.2 Å². The van der Waals surface area contributed by atoms with Crippen LogP contribution in [0.15, 0.2) is 52.3 Å². The van der Waals surface area contributed by atoms with Crippen molar-refractivity contribution in [2.24, 2.45) is 0 Å². The maximum absolute atomic E-state index is 12.9. The number of nitrogens with zero attached hydrogens (tertiary/aromatic N) is 1. The van der Waals surface area contributed by atoms with Gasteiger partial charge in [0.1, 0.15) is 5.75 Å². The molecule has 1 unspecified atom stereocenters. The smallest absolute Gasteiger partial charge is 0.262 e. The molecule has 9 nitrogen and oxygen atoms in total. The van der Waals surface area contributed by atoms with Crippen molar-refractivity contribution >= 4 is 45.0 Å². The van der Waals surface area contributed by atoms with E-state index >= 15 is 0 Å². The van der Waals surface area contributed by atoms with Gasteiger partial charge in [-0.25, -0.2) is 8.42 Å². The molecule has 2 N–H and O–H groups in total. The van der Waals surface area contributed by atoms with E-state index in [9.17, 15) is 18.0 Å². The number of ether oxygens (including phenoxy) is 2. The number of nitrogens with one attached hydrogen (secondary N) is 2. The lowest BCUT2D eigenvalue weighted by Gasteiger charge is -2.31. The maximum atomic E-state index is 12.9. The average Bonchev–Trinajstić information content (AvgIpc) is 2.78. The predicted molar refractivity (Wildman–Crippen MR) is 116 cm³/mol. The van der Waals surface area contributed by atoms with Gasteiger partial charge in [0.15, 0.2) is 5.25 Å². The van der Waals surface area contributed by atoms with Gasteiger partial charge in [0, 0.05) is 18.0 Å². The number of fused-ring (bicyclic) bond motifs is 1. The van der Waals surface area contributed by atoms with Crippen molar-refractivity contribution in [3.8, 4) is 5.75 Å². The Morgan fingerprint density at radius 3 is 2.71 bits per heavy atom. The van der Waals surface area contributed by atoms with E-state index in [1.54, 1.807) is 35.2 Å². The van der Waals surface area contributed by atoms with Crippen molar-refractivity contribution in [3.05, 3.63) is 42.5 Å². The van der Waals surface area contributed by atoms with Crippen molar-refractivity contribution < 1.29 is 27.5 Å². The van der Waals surface area contributed by atoms with Crippen LogP contribution in [-0.2, 0) is 24.3 Å². The zero-order valence-corrected chi connectivity index (χ0v) is 18.3. The monoisotopic (exact) mass is 463 g/mol. The molecule has 2 aliphatic rings. The van der Waals surface area contributed by atoms with Gasteiger partial charge in [0.25, 0.3) is 10.0 Å². The number of benzene rings is 2. The Balaban J connectivity index is 1.55. The standard InChI is InChI=1S/C20H21N3O6S2/c1-28-16-5-3-2-4-14(16)22-31(26,27)13-6-7-17-15(12-13)21-19(24)18(30-17)20(25)23-8-10-29-11-9-23/h2-7,12,18,22H,8-11H2,1H3,(H,21,24). The van der Waals surface area contributed by atoms with E-state index in [0.29, 0.717) is 48.3 Å². The SMILES string of the molecule is COc1ccccc1NS(=O)(=O)c1ccc2c(c1)NC(=O)C(C(=O)N1CCOCC1)S2. The molecule has 0 aromatic heterocycles. The third-order valence-corrected chi connectivity index (χ3v) is 7.53. The zero-order chi connectivity index (χ0) is 22.0. The molecule has 2 amide bonds. The molecule has 1 atom stereocenters. The lowest BCUT2D eigenvalue weighted by Crippen LogP contribution is -2.49. The summed E-state index contributed by atoms with van der Waals surface area (Å²) in [6, 6.07) is 11.1. The van der Waals surface area contributed by atoms with E-state index in [1.807, 2.05) is 0 Å². The van der Waals surface area contributed by atoms with Gasteiger partial charge in [-0.1, -0.05) is 12.1 Å². The molecule has 11 heteroatoms. The summed E-state index contributed by atoms with van der Waals surface area (Å²) in [5.74, 6) is -0.357. The number of carbonyl (C=O) groups is 2. The first kappa shape index (κ1) is 21.5. The third kappa shape index (κ3) is 4.48. The molecule has 2 heterocycles. The molecular weight excluding hydrogens is 442 g/mol. The molecule has 4 rings (SSSR count). The Kier molecular flexibility index (Phi) is 6.08. The highest BCUT2D eigenvalue weighted by Gasteiger charge is 2.36. The molecule has 2 aromatic rings. The summed E-state index contributed by atoms with van der Waals surface area (Å²) < 4.78 is 38.6. The van der Waals surface area contributed by atoms with Crippen LogP contribution in [-0.4, -0.2) is 63.8 Å². The minimum Gasteiger partial charge on any atom is -0.495 e. The number of para-hydroxylation sites is 2. The Morgan fingerprint density at radius 2 is 1.97 bits per heavy atom. The summed E-state index contributed by atoms with van der Waals surface area (Å²) in [4.78, 5) is 27.5. The minimum atomic E-state index is -3.92. The Bertz CT molecular complexity index is 1120. The van der Waals surface area contributed by atoms with Gasteiger partial charge in [-0.3, -0.25) is 14.3 Å². The summed E-state index contributed by atoms with van der Waals surface area (Å²) in [5.41, 5.74) is 0.654. The number of morpholine rings is 1. The van der Waals surface area contributed by atoms with Crippen LogP contribution in [0.5, 0.6) is 5.75 Å². The van der Waals surface area contributed by atoms with E-state index in [2.05, 4.69) is 10.0 Å². The van der Waals surface area contributed by atoms with Crippen LogP contribution in [0.3, 0.4) is 0 Å². The normalized spacial score (nSPS) is 18.7. The Morgan fingerprint density at radius 1 is 1.23 bits per heavy atom. The summed E-state index contributed by atoms with van der Waals surface area (Å²) in [6.07, 6.45) is 0. The first-order valence-electron chi connectivity index (χ1n) is 9.53. The van der Waals surface area contributed by atoms with E-state index in [4.69, 9.17) is 9.47 Å². The number of hydrogen-bond acceptors (Lipinski definition) is 7. The molecule has 31 heavy (non-hydrogen) atoms. The number of anilines is 2. The van der Waals surface area contributed by atoms with Gasteiger partial charge < -0.3 is 19.7 Å². The number of carbonyl (C=O) groups excluding carboxylic acids is 2. The topological polar surface area (TPSA) is 114 Å². The summed E-state index contributed by atoms with van der Waals surface area (Å²) in [5, 5.41) is 1.76. The number of amides is 2. The van der Waals surface area contributed by atoms with Gasteiger partial charge in [-0.15, -0.1) is 11.8 Å². The maximum Gasteiger partial charge on any atom is 0.262 e. The molecular formula is C20H21N3O6S2. The highest BCUT2D eigenvalue weighted by atomic mass is 32.2. The molecule has 0 bridgehead atoms. The van der Waals surface area contributed by atoms with Crippen molar-refractivity contribution in [3.63, 3.8) is 0 Å². The quantitative estimate of drug-likeness (QED) is 0.650. The van der Waals surface area contributed by atoms with Gasteiger partial charge in [-0.05, 0) is 30.3 Å². The predicted octanol–water partition coefficient (Wildman–Crippen LogP) is 1.77. The second-order valence-corrected chi connectivity index (χ2v) is 9.72. The third-order valence-electron chi connectivity index (χ3n) is 4.90. The van der Waals surface area contributed by atoms with Crippen LogP contribution >= 0.6 is 11.8 Å². The number of thioether (sulfide) groups is 1. The fourth-order valence-electron chi connectivity index (χ4n) is 3.30. The van der Waals surface area contributed by atoms with Gasteiger partial charge in [0.05, 0.1) is 36.6 Å². The first-order chi connectivity index (χ1) is 14.9. The van der Waals surface area contributed by atoms with Crippen molar-refractivity contribution in [2.45, 2.75) is 15.0 Å². The van der Waals surface area contributed by atoms with Crippen LogP contribution < -0.4 is 14.8 Å². The number of rotatable bonds is 5. The van der Waals surface area contributed by atoms with Crippen LogP contribution in [0.4, 0.5) is 11.4 Å². The summed E-state index contributed by atoms with van der Waals surface area (Å²) in [7, 11) is -2.47. The molecule has 1 saturated heterocycles. The summed E-state index contributed by atoms with van der Waals surface area (Å²) in [6.45, 7) is 1.78. The highest BCUT2D eigenvalue weighted by Crippen LogP contribution is 2.38. The Labute approximate surface area is 184 Å². The van der Waals surface area contributed by atoms with Crippen LogP contribution in [0.25, 0.3) is 0 Å². The van der Waals surface area contributed by atoms with Gasteiger partial charge >= 0.3 is 0 Å². The van der Waals surface area contributed by atoms with Crippen LogP contribution in [0, 0.1) is 0 Å². The molecule has 0 saturated carbocycles. The molecule has 0 aliphatic carbocycles. The largest absolute Gasteiger partial charge is 0.495 e. The molecule has 2 aliphatic heterocycles. The van der Waals surface area contributed by atoms with Crippen molar-refractivity contribution in [2.75, 3.05) is 43.5 Å². The van der Waals surface area contributed by atoms with Crippen LogP contribution in [0.2, 0.25) is 0 Å². The molecule has 1 fully saturated rings. The lowest BCUT2D eigenvalue weighted by molar-refractivity contribution is -0.137. The fourth-order valence-corrected chi connectivity index (χ4v) is 5.45. The first-order valence-corrected chi connectivity index (χ1v) is 11.9. The average molecular weight is 464 g/mol. The number of sulfonamides is 1. The van der Waals surface area contributed by atoms with E-state index in [-0.39, 0.29) is 10.8 Å². The fraction of sp³-hybridized carbons (Fsp3) is 0.300. The van der Waals surface area contributed by atoms with Crippen molar-refractivity contribution in [1.29, 1.82) is 0 Å².